The smallest absolute Gasteiger partial charge is 0.243 e. The van der Waals surface area contributed by atoms with Gasteiger partial charge in [0.2, 0.25) is 5.91 Å². The van der Waals surface area contributed by atoms with Gasteiger partial charge in [-0.25, -0.2) is 4.99 Å². The third kappa shape index (κ3) is 7.63. The van der Waals surface area contributed by atoms with Crippen LogP contribution in [0.2, 0.25) is 0 Å². The average Bonchev–Trinajstić information content (AvgIpc) is 3.18. The number of rotatable bonds is 6. The van der Waals surface area contributed by atoms with Crippen molar-refractivity contribution < 1.29 is 4.79 Å². The fraction of sp³-hybridized carbons (Fsp3) is 0.375. The summed E-state index contributed by atoms with van der Waals surface area (Å²) in [6.45, 7) is 1.58. The van der Waals surface area contributed by atoms with Gasteiger partial charge >= 0.3 is 0 Å². The molecule has 0 fully saturated rings. The largest absolute Gasteiger partial charge is 0.351 e. The van der Waals surface area contributed by atoms with Gasteiger partial charge in [-0.05, 0) is 39.5 Å². The number of hydrogen-bond acceptors (Lipinski definition) is 4. The molecule has 0 radical (unpaired) electrons. The lowest BCUT2D eigenvalue weighted by Crippen LogP contribution is -2.39. The highest BCUT2D eigenvalue weighted by Crippen LogP contribution is 2.23. The van der Waals surface area contributed by atoms with Crippen molar-refractivity contribution in [3.8, 4) is 0 Å². The summed E-state index contributed by atoms with van der Waals surface area (Å²) < 4.78 is 1.11. The highest BCUT2D eigenvalue weighted by Gasteiger charge is 2.11. The van der Waals surface area contributed by atoms with Gasteiger partial charge in [0.05, 0.1) is 16.9 Å². The monoisotopic (exact) mass is 556 g/mol. The molecule has 25 heavy (non-hydrogen) atoms. The molecule has 0 aliphatic rings. The van der Waals surface area contributed by atoms with Crippen molar-refractivity contribution in [1.29, 1.82) is 0 Å². The quantitative estimate of drug-likeness (QED) is 0.334. The lowest BCUT2D eigenvalue weighted by Gasteiger charge is -2.22. The van der Waals surface area contributed by atoms with Crippen LogP contribution in [0.5, 0.6) is 0 Å². The van der Waals surface area contributed by atoms with E-state index in [0.29, 0.717) is 6.54 Å². The van der Waals surface area contributed by atoms with Gasteiger partial charge in [-0.2, -0.15) is 0 Å². The molecule has 2 aromatic heterocycles. The maximum atomic E-state index is 11.8. The van der Waals surface area contributed by atoms with Crippen LogP contribution in [0.3, 0.4) is 0 Å². The number of likely N-dealkylation sites (N-methyl/N-ethyl adjacent to an activating group) is 1. The van der Waals surface area contributed by atoms with E-state index in [0.717, 1.165) is 16.3 Å². The molecule has 1 N–H and O–H groups in total. The van der Waals surface area contributed by atoms with Crippen LogP contribution in [0.15, 0.2) is 38.4 Å². The zero-order chi connectivity index (χ0) is 17.5. The predicted octanol–water partition coefficient (Wildman–Crippen LogP) is 3.86. The summed E-state index contributed by atoms with van der Waals surface area (Å²) in [6.07, 6.45) is 0. The summed E-state index contributed by atoms with van der Waals surface area (Å²) in [6, 6.07) is 8.24. The first-order chi connectivity index (χ1) is 11.5. The van der Waals surface area contributed by atoms with Crippen molar-refractivity contribution in [3.05, 3.63) is 43.2 Å². The van der Waals surface area contributed by atoms with Crippen molar-refractivity contribution in [2.75, 3.05) is 27.7 Å². The third-order valence-corrected chi connectivity index (χ3v) is 5.73. The molecule has 1 amide bonds. The Balaban J connectivity index is 0.00000312. The zero-order valence-corrected chi connectivity index (χ0v) is 19.9. The maximum Gasteiger partial charge on any atom is 0.243 e. The lowest BCUT2D eigenvalue weighted by atomic mass is 10.4. The Morgan fingerprint density at radius 2 is 2.00 bits per heavy atom. The number of guanidine groups is 1. The highest BCUT2D eigenvalue weighted by atomic mass is 127. The Labute approximate surface area is 182 Å². The zero-order valence-electron chi connectivity index (χ0n) is 14.4. The van der Waals surface area contributed by atoms with Gasteiger partial charge in [-0.15, -0.1) is 46.7 Å². The molecule has 2 rings (SSSR count). The number of aliphatic imine (C=N–C) groups is 1. The number of halogens is 2. The van der Waals surface area contributed by atoms with Crippen LogP contribution in [0.1, 0.15) is 9.75 Å². The Hall–Kier alpha value is -0.650. The Morgan fingerprint density at radius 3 is 2.56 bits per heavy atom. The standard InChI is InChI=1S/C16H21BrN4OS2.HI/c1-20(2)15(22)10-19-16(18-9-12-5-4-8-23-12)21(3)11-13-6-7-14(17)24-13;/h4-8H,9-11H2,1-3H3,(H,18,19);1H. The number of thiophene rings is 2. The van der Waals surface area contributed by atoms with Crippen LogP contribution < -0.4 is 5.32 Å². The number of nitrogens with one attached hydrogen (secondary N) is 1. The molecule has 138 valence electrons. The predicted molar refractivity (Wildman–Crippen MR) is 121 cm³/mol. The average molecular weight is 557 g/mol. The van der Waals surface area contributed by atoms with Gasteiger partial charge in [0.15, 0.2) is 5.96 Å². The Bertz CT molecular complexity index is 688. The van der Waals surface area contributed by atoms with Crippen molar-refractivity contribution in [2.45, 2.75) is 13.1 Å². The number of carbonyl (C=O) groups excluding carboxylic acids is 1. The van der Waals surface area contributed by atoms with Gasteiger partial charge in [0.25, 0.3) is 0 Å². The maximum absolute atomic E-state index is 11.8. The second-order valence-corrected chi connectivity index (χ2v) is 9.00. The summed E-state index contributed by atoms with van der Waals surface area (Å²) >= 11 is 6.88. The molecule has 0 unspecified atom stereocenters. The summed E-state index contributed by atoms with van der Waals surface area (Å²) in [4.78, 5) is 22.4. The molecule has 0 atom stereocenters. The Kier molecular flexibility index (Phi) is 9.98. The van der Waals surface area contributed by atoms with Crippen LogP contribution in [0.25, 0.3) is 0 Å². The lowest BCUT2D eigenvalue weighted by molar-refractivity contribution is -0.127. The van der Waals surface area contributed by atoms with Gasteiger partial charge in [0, 0.05) is 30.9 Å². The molecule has 0 saturated heterocycles. The van der Waals surface area contributed by atoms with Crippen molar-refractivity contribution in [3.63, 3.8) is 0 Å². The molecule has 2 heterocycles. The van der Waals surface area contributed by atoms with E-state index in [1.807, 2.05) is 24.1 Å². The van der Waals surface area contributed by atoms with E-state index in [4.69, 9.17) is 0 Å². The molecular weight excluding hydrogens is 535 g/mol. The van der Waals surface area contributed by atoms with Crippen LogP contribution >= 0.6 is 62.6 Å². The summed E-state index contributed by atoms with van der Waals surface area (Å²) in [7, 11) is 5.46. The van der Waals surface area contributed by atoms with Crippen molar-refractivity contribution in [2.24, 2.45) is 4.99 Å². The van der Waals surface area contributed by atoms with Gasteiger partial charge < -0.3 is 15.1 Å². The number of carbonyl (C=O) groups is 1. The fourth-order valence-corrected chi connectivity index (χ4v) is 4.10. The summed E-state index contributed by atoms with van der Waals surface area (Å²) in [5, 5.41) is 5.40. The number of hydrogen-bond donors (Lipinski definition) is 1. The Morgan fingerprint density at radius 1 is 1.24 bits per heavy atom. The van der Waals surface area contributed by atoms with Gasteiger partial charge in [-0.3, -0.25) is 4.79 Å². The normalized spacial score (nSPS) is 11.0. The van der Waals surface area contributed by atoms with Gasteiger partial charge in [-0.1, -0.05) is 6.07 Å². The van der Waals surface area contributed by atoms with E-state index in [1.165, 1.54) is 9.75 Å². The minimum Gasteiger partial charge on any atom is -0.351 e. The topological polar surface area (TPSA) is 47.9 Å². The van der Waals surface area contributed by atoms with Crippen molar-refractivity contribution in [1.82, 2.24) is 15.1 Å². The molecule has 0 bridgehead atoms. The molecule has 9 heteroatoms. The third-order valence-electron chi connectivity index (χ3n) is 3.25. The first-order valence-corrected chi connectivity index (χ1v) is 9.91. The first-order valence-electron chi connectivity index (χ1n) is 7.42. The first kappa shape index (κ1) is 22.4. The van der Waals surface area contributed by atoms with Crippen molar-refractivity contribution >= 4 is 74.4 Å². The molecule has 0 aliphatic carbocycles. The van der Waals surface area contributed by atoms with E-state index in [9.17, 15) is 4.79 Å². The fourth-order valence-electron chi connectivity index (χ4n) is 1.92. The molecule has 0 spiro atoms. The minimum absolute atomic E-state index is 0. The van der Waals surface area contributed by atoms with Crippen LogP contribution in [-0.4, -0.2) is 49.4 Å². The summed E-state index contributed by atoms with van der Waals surface area (Å²) in [5.74, 6) is 0.709. The minimum atomic E-state index is -0.0160. The van der Waals surface area contributed by atoms with E-state index >= 15 is 0 Å². The molecule has 0 aromatic carbocycles. The van der Waals surface area contributed by atoms with Crippen LogP contribution in [0.4, 0.5) is 0 Å². The molecule has 5 nitrogen and oxygen atoms in total. The number of amides is 1. The van der Waals surface area contributed by atoms with E-state index < -0.39 is 0 Å². The second kappa shape index (κ2) is 11.1. The SMILES string of the molecule is CN(C)C(=O)CN=C(NCc1cccs1)N(C)Cc1ccc(Br)s1.I. The molecule has 0 saturated carbocycles. The van der Waals surface area contributed by atoms with E-state index in [2.05, 4.69) is 43.8 Å². The summed E-state index contributed by atoms with van der Waals surface area (Å²) in [5.41, 5.74) is 0. The molecule has 2 aromatic rings. The van der Waals surface area contributed by atoms with Crippen LogP contribution in [0, 0.1) is 0 Å². The van der Waals surface area contributed by atoms with Gasteiger partial charge in [0.1, 0.15) is 6.54 Å². The molecular formula is C16H22BrIN4OS2. The second-order valence-electron chi connectivity index (χ2n) is 5.42. The highest BCUT2D eigenvalue weighted by molar-refractivity contribution is 14.0. The van der Waals surface area contributed by atoms with E-state index in [1.54, 1.807) is 41.7 Å². The van der Waals surface area contributed by atoms with Crippen LogP contribution in [-0.2, 0) is 17.9 Å². The van der Waals surface area contributed by atoms with E-state index in [-0.39, 0.29) is 36.4 Å². The molecule has 0 aliphatic heterocycles. The number of nitrogens with zero attached hydrogens (tertiary/aromatic N) is 3.